The van der Waals surface area contributed by atoms with Gasteiger partial charge >= 0.3 is 0 Å². The minimum Gasteiger partial charge on any atom is -0.382 e. The Labute approximate surface area is 335 Å². The van der Waals surface area contributed by atoms with Crippen LogP contribution in [-0.4, -0.2) is 39.0 Å². The first-order chi connectivity index (χ1) is 28.8. The molecular weight excluding hydrogens is 791 g/mol. The van der Waals surface area contributed by atoms with Crippen molar-refractivity contribution in [2.24, 2.45) is 0 Å². The number of nitrogens with two attached hydrogens (primary N) is 2. The highest BCUT2D eigenvalue weighted by molar-refractivity contribution is 5.80. The minimum atomic E-state index is -0.787. The van der Waals surface area contributed by atoms with Gasteiger partial charge in [0.1, 0.15) is 105 Å². The van der Waals surface area contributed by atoms with Crippen molar-refractivity contribution >= 4 is 45.3 Å². The molecule has 4 heterocycles. The average Bonchev–Trinajstić information content (AvgIpc) is 3.79. The van der Waals surface area contributed by atoms with Crippen molar-refractivity contribution in [3.05, 3.63) is 143 Å². The summed E-state index contributed by atoms with van der Waals surface area (Å²) in [4.78, 5) is 24.3. The molecule has 8 rings (SSSR count). The zero-order chi connectivity index (χ0) is 42.8. The topological polar surface area (TPSA) is 211 Å². The number of halogens is 6. The Morgan fingerprint density at radius 1 is 0.567 bits per heavy atom. The fourth-order valence-corrected chi connectivity index (χ4v) is 6.40. The van der Waals surface area contributed by atoms with Crippen LogP contribution in [0.2, 0.25) is 0 Å². The summed E-state index contributed by atoms with van der Waals surface area (Å²) < 4.78 is 87.2. The van der Waals surface area contributed by atoms with Crippen molar-refractivity contribution in [1.82, 2.24) is 39.0 Å². The van der Waals surface area contributed by atoms with E-state index in [9.17, 15) is 36.9 Å². The van der Waals surface area contributed by atoms with Crippen molar-refractivity contribution in [2.75, 3.05) is 22.1 Å². The maximum atomic E-state index is 14.4. The quantitative estimate of drug-likeness (QED) is 0.109. The molecule has 4 aromatic heterocycles. The number of fused-ring (bicyclic) bond motifs is 2. The van der Waals surface area contributed by atoms with Gasteiger partial charge in [-0.15, -0.1) is 0 Å². The van der Waals surface area contributed by atoms with Gasteiger partial charge in [-0.1, -0.05) is 12.1 Å². The maximum absolute atomic E-state index is 14.4. The molecule has 300 valence electrons. The van der Waals surface area contributed by atoms with Crippen LogP contribution in [0.15, 0.2) is 85.5 Å². The van der Waals surface area contributed by atoms with Gasteiger partial charge in [-0.25, -0.2) is 56.2 Å². The number of para-hydroxylation sites is 2. The molecule has 60 heavy (non-hydrogen) atoms. The van der Waals surface area contributed by atoms with Crippen LogP contribution in [0.25, 0.3) is 33.4 Å². The number of rotatable bonds is 8. The lowest BCUT2D eigenvalue weighted by atomic mass is 10.2. The van der Waals surface area contributed by atoms with Gasteiger partial charge in [0.05, 0.1) is 34.5 Å². The Morgan fingerprint density at radius 2 is 0.933 bits per heavy atom. The molecule has 0 saturated heterocycles. The Hall–Kier alpha value is -8.26. The lowest BCUT2D eigenvalue weighted by molar-refractivity contribution is 0.580. The van der Waals surface area contributed by atoms with E-state index in [2.05, 4.69) is 40.5 Å². The van der Waals surface area contributed by atoms with Gasteiger partial charge in [-0.05, 0) is 62.4 Å². The molecule has 4 aromatic carbocycles. The summed E-state index contributed by atoms with van der Waals surface area (Å²) in [5, 5.41) is 24.6. The highest BCUT2D eigenvalue weighted by Gasteiger charge is 2.24. The third-order valence-corrected chi connectivity index (χ3v) is 8.99. The highest BCUT2D eigenvalue weighted by atomic mass is 19.2. The number of nitrogens with zero attached hydrogens (tertiary/aromatic N) is 10. The molecule has 0 radical (unpaired) electrons. The number of hydrogen-bond acceptors (Lipinski definition) is 12. The van der Waals surface area contributed by atoms with Crippen molar-refractivity contribution in [2.45, 2.75) is 25.9 Å². The minimum absolute atomic E-state index is 0.00560. The predicted molar refractivity (Wildman–Crippen MR) is 208 cm³/mol. The van der Waals surface area contributed by atoms with E-state index in [0.29, 0.717) is 11.0 Å². The van der Waals surface area contributed by atoms with Crippen LogP contribution in [0, 0.1) is 57.6 Å². The van der Waals surface area contributed by atoms with Crippen LogP contribution in [0.3, 0.4) is 0 Å². The van der Waals surface area contributed by atoms with E-state index < -0.39 is 47.0 Å². The van der Waals surface area contributed by atoms with Crippen molar-refractivity contribution < 1.29 is 26.3 Å². The van der Waals surface area contributed by atoms with Crippen LogP contribution in [0.4, 0.5) is 49.6 Å². The molecular formula is C40H28F6N14. The zero-order valence-electron chi connectivity index (χ0n) is 31.1. The maximum Gasteiger partial charge on any atom is 0.151 e. The number of nitriles is 2. The molecule has 8 aromatic rings. The fourth-order valence-electron chi connectivity index (χ4n) is 6.40. The fraction of sp³-hybridized carbons (Fsp3) is 0.100. The lowest BCUT2D eigenvalue weighted by Crippen LogP contribution is -2.15. The molecule has 0 aliphatic carbocycles. The molecule has 0 fully saturated rings. The number of benzene rings is 4. The van der Waals surface area contributed by atoms with Crippen LogP contribution in [0.1, 0.15) is 48.7 Å². The number of imidazole rings is 2. The van der Waals surface area contributed by atoms with Crippen molar-refractivity contribution in [1.29, 1.82) is 10.5 Å². The van der Waals surface area contributed by atoms with Gasteiger partial charge in [0, 0.05) is 12.1 Å². The van der Waals surface area contributed by atoms with Crippen LogP contribution < -0.4 is 22.1 Å². The van der Waals surface area contributed by atoms with Gasteiger partial charge in [0.15, 0.2) is 11.6 Å². The molecule has 0 unspecified atom stereocenters. The number of aromatic nitrogens is 8. The monoisotopic (exact) mass is 818 g/mol. The summed E-state index contributed by atoms with van der Waals surface area (Å²) in [6, 6.07) is 17.1. The summed E-state index contributed by atoms with van der Waals surface area (Å²) in [5.41, 5.74) is 12.5. The van der Waals surface area contributed by atoms with E-state index in [-0.39, 0.29) is 68.5 Å². The van der Waals surface area contributed by atoms with Crippen molar-refractivity contribution in [3.8, 4) is 23.5 Å². The average molecular weight is 819 g/mol. The second kappa shape index (κ2) is 16.3. The van der Waals surface area contributed by atoms with Gasteiger partial charge in [0.25, 0.3) is 0 Å². The lowest BCUT2D eigenvalue weighted by Gasteiger charge is -2.18. The van der Waals surface area contributed by atoms with Crippen molar-refractivity contribution in [3.63, 3.8) is 0 Å². The second-order valence-corrected chi connectivity index (χ2v) is 13.0. The van der Waals surface area contributed by atoms with Gasteiger partial charge in [-0.2, -0.15) is 10.5 Å². The number of anilines is 4. The smallest absolute Gasteiger partial charge is 0.151 e. The van der Waals surface area contributed by atoms with Crippen LogP contribution in [0.5, 0.6) is 0 Å². The molecule has 0 aliphatic rings. The highest BCUT2D eigenvalue weighted by Crippen LogP contribution is 2.32. The number of nitrogen functional groups attached to an aromatic ring is 2. The first kappa shape index (κ1) is 40.0. The Morgan fingerprint density at radius 3 is 1.28 bits per heavy atom. The number of nitrogens with one attached hydrogen (secondary N) is 2. The molecule has 0 saturated carbocycles. The van der Waals surface area contributed by atoms with E-state index in [4.69, 9.17) is 11.5 Å². The summed E-state index contributed by atoms with van der Waals surface area (Å²) in [5.74, 6) is -3.51. The summed E-state index contributed by atoms with van der Waals surface area (Å²) in [7, 11) is 0. The third kappa shape index (κ3) is 7.72. The first-order valence-corrected chi connectivity index (χ1v) is 17.6. The molecule has 14 nitrogen and oxygen atoms in total. The van der Waals surface area contributed by atoms with Gasteiger partial charge in [-0.3, -0.25) is 9.13 Å². The zero-order valence-corrected chi connectivity index (χ0v) is 31.1. The predicted octanol–water partition coefficient (Wildman–Crippen LogP) is 7.72. The van der Waals surface area contributed by atoms with Gasteiger partial charge in [0.2, 0.25) is 0 Å². The SMILES string of the molecule is C[C@@H](Nc1ncnc(N)c1C#N)c1nc2c(F)cccc2n1-c1cc(F)cc(F)c1.C[C@H](Nc1ncnc(N)c1C#N)c1nc2c(F)cccc2n1-c1cc(F)cc(F)c1. The summed E-state index contributed by atoms with van der Waals surface area (Å²) in [6.07, 6.45) is 2.38. The Kier molecular flexibility index (Phi) is 10.9. The van der Waals surface area contributed by atoms with E-state index in [1.165, 1.54) is 46.1 Å². The first-order valence-electron chi connectivity index (χ1n) is 17.6. The van der Waals surface area contributed by atoms with E-state index in [1.807, 2.05) is 12.1 Å². The van der Waals surface area contributed by atoms with E-state index in [1.54, 1.807) is 26.0 Å². The molecule has 0 bridgehead atoms. The molecule has 2 atom stereocenters. The summed E-state index contributed by atoms with van der Waals surface area (Å²) in [6.45, 7) is 3.37. The summed E-state index contributed by atoms with van der Waals surface area (Å²) >= 11 is 0. The van der Waals surface area contributed by atoms with E-state index >= 15 is 0 Å². The normalized spacial score (nSPS) is 12.0. The third-order valence-electron chi connectivity index (χ3n) is 8.99. The second-order valence-electron chi connectivity index (χ2n) is 13.0. The molecule has 0 spiro atoms. The van der Waals surface area contributed by atoms with Crippen LogP contribution >= 0.6 is 0 Å². The number of hydrogen-bond donors (Lipinski definition) is 4. The molecule has 20 heteroatoms. The molecule has 6 N–H and O–H groups in total. The Balaban J connectivity index is 0.000000181. The van der Waals surface area contributed by atoms with E-state index in [0.717, 1.165) is 36.4 Å². The standard InChI is InChI=1S/2C20H14F3N7/c2*1-10(28-19-14(8-24)18(25)26-9-27-19)20-29-17-15(23)3-2-4-16(17)30(20)13-6-11(21)5-12(22)7-13/h2*2-7,9-10H,1H3,(H3,25,26,27,28)/t2*10-/m10/s1. The van der Waals surface area contributed by atoms with Gasteiger partial charge < -0.3 is 22.1 Å². The Bertz CT molecular complexity index is 2780. The molecule has 0 aliphatic heterocycles. The van der Waals surface area contributed by atoms with Crippen LogP contribution in [-0.2, 0) is 0 Å². The molecule has 0 amide bonds. The largest absolute Gasteiger partial charge is 0.382 e.